The van der Waals surface area contributed by atoms with Crippen LogP contribution in [0.15, 0.2) is 12.7 Å². The van der Waals surface area contributed by atoms with Crippen LogP contribution < -0.4 is 5.73 Å². The Bertz CT molecular complexity index is 226. The van der Waals surface area contributed by atoms with Gasteiger partial charge in [-0.25, -0.2) is 0 Å². The van der Waals surface area contributed by atoms with Crippen LogP contribution in [-0.2, 0) is 0 Å². The minimum absolute atomic E-state index is 0.397. The fraction of sp³-hybridized carbons (Fsp3) is 0.867. The molecule has 0 bridgehead atoms. The Morgan fingerprint density at radius 3 is 2.12 bits per heavy atom. The van der Waals surface area contributed by atoms with E-state index in [0.717, 1.165) is 6.42 Å². The number of unbranched alkanes of at least 4 members (excludes halogenated alkanes) is 3. The van der Waals surface area contributed by atoms with Crippen molar-refractivity contribution in [2.24, 2.45) is 22.5 Å². The first-order valence-electron chi connectivity index (χ1n) is 6.72. The highest BCUT2D eigenvalue weighted by atomic mass is 14.8. The van der Waals surface area contributed by atoms with Crippen LogP contribution in [-0.4, -0.2) is 6.04 Å². The smallest absolute Gasteiger partial charge is 0.00777 e. The largest absolute Gasteiger partial charge is 0.327 e. The van der Waals surface area contributed by atoms with Gasteiger partial charge >= 0.3 is 0 Å². The Morgan fingerprint density at radius 2 is 1.69 bits per heavy atom. The monoisotopic (exact) mass is 223 g/mol. The zero-order valence-corrected chi connectivity index (χ0v) is 11.6. The van der Waals surface area contributed by atoms with Crippen LogP contribution in [0.3, 0.4) is 0 Å². The van der Waals surface area contributed by atoms with Crippen molar-refractivity contribution in [2.45, 2.75) is 65.8 Å². The summed E-state index contributed by atoms with van der Waals surface area (Å²) in [6.07, 6.45) is 8.19. The third kappa shape index (κ3) is 2.51. The Kier molecular flexibility index (Phi) is 4.23. The molecule has 0 amide bonds. The summed E-state index contributed by atoms with van der Waals surface area (Å²) in [7, 11) is 0. The molecule has 1 saturated carbocycles. The fourth-order valence-electron chi connectivity index (χ4n) is 3.33. The van der Waals surface area contributed by atoms with Crippen molar-refractivity contribution >= 4 is 0 Å². The lowest BCUT2D eigenvalue weighted by atomic mass is 9.99. The lowest BCUT2D eigenvalue weighted by molar-refractivity contribution is 0.438. The fourth-order valence-corrected chi connectivity index (χ4v) is 3.33. The van der Waals surface area contributed by atoms with Crippen LogP contribution in [0, 0.1) is 16.7 Å². The zero-order valence-electron chi connectivity index (χ0n) is 11.6. The highest BCUT2D eigenvalue weighted by Gasteiger charge is 2.66. The molecule has 1 aliphatic rings. The number of hydrogen-bond acceptors (Lipinski definition) is 1. The number of nitrogens with two attached hydrogens (primary N) is 1. The van der Waals surface area contributed by atoms with Gasteiger partial charge in [-0.2, -0.15) is 0 Å². The van der Waals surface area contributed by atoms with E-state index in [9.17, 15) is 0 Å². The highest BCUT2D eigenvalue weighted by molar-refractivity contribution is 5.15. The molecule has 16 heavy (non-hydrogen) atoms. The van der Waals surface area contributed by atoms with E-state index < -0.39 is 0 Å². The van der Waals surface area contributed by atoms with Crippen LogP contribution in [0.2, 0.25) is 0 Å². The number of rotatable bonds is 7. The minimum atomic E-state index is 0.397. The molecule has 1 heteroatoms. The van der Waals surface area contributed by atoms with E-state index in [1.54, 1.807) is 0 Å². The molecule has 1 unspecified atom stereocenters. The van der Waals surface area contributed by atoms with Crippen molar-refractivity contribution in [1.29, 1.82) is 0 Å². The molecular weight excluding hydrogens is 194 g/mol. The third-order valence-electron chi connectivity index (χ3n) is 5.01. The van der Waals surface area contributed by atoms with Gasteiger partial charge in [0.25, 0.3) is 0 Å². The summed E-state index contributed by atoms with van der Waals surface area (Å²) in [6, 6.07) is 0.397. The van der Waals surface area contributed by atoms with Crippen LogP contribution in [0.5, 0.6) is 0 Å². The molecule has 1 atom stereocenters. The summed E-state index contributed by atoms with van der Waals surface area (Å²) in [6.45, 7) is 13.2. The second-order valence-corrected chi connectivity index (χ2v) is 6.51. The average molecular weight is 223 g/mol. The first-order chi connectivity index (χ1) is 7.35. The van der Waals surface area contributed by atoms with Gasteiger partial charge in [-0.05, 0) is 36.0 Å². The summed E-state index contributed by atoms with van der Waals surface area (Å²) < 4.78 is 0. The van der Waals surface area contributed by atoms with Gasteiger partial charge in [0.15, 0.2) is 0 Å². The van der Waals surface area contributed by atoms with E-state index in [1.165, 1.54) is 25.7 Å². The molecule has 0 aliphatic heterocycles. The van der Waals surface area contributed by atoms with Gasteiger partial charge in [0.1, 0.15) is 0 Å². The zero-order chi connectivity index (χ0) is 12.4. The molecule has 0 radical (unpaired) electrons. The van der Waals surface area contributed by atoms with E-state index in [2.05, 4.69) is 34.3 Å². The normalized spacial score (nSPS) is 24.1. The molecule has 0 spiro atoms. The quantitative estimate of drug-likeness (QED) is 0.509. The van der Waals surface area contributed by atoms with Crippen molar-refractivity contribution in [2.75, 3.05) is 0 Å². The Hall–Kier alpha value is -0.300. The lowest BCUT2D eigenvalue weighted by Gasteiger charge is -2.13. The standard InChI is InChI=1S/C15H29N/c1-6-7-8-9-10-11-12(16)13-14(2,3)15(13,4)5/h6,12-13H,1,7-11,16H2,2-5H3. The molecule has 0 saturated heterocycles. The molecule has 1 nitrogen and oxygen atoms in total. The van der Waals surface area contributed by atoms with Crippen LogP contribution >= 0.6 is 0 Å². The number of allylic oxidation sites excluding steroid dienone is 1. The molecule has 0 aromatic rings. The molecule has 94 valence electrons. The molecule has 0 aromatic heterocycles. The molecular formula is C15H29N. The van der Waals surface area contributed by atoms with E-state index in [-0.39, 0.29) is 0 Å². The van der Waals surface area contributed by atoms with Gasteiger partial charge in [0, 0.05) is 6.04 Å². The summed E-state index contributed by atoms with van der Waals surface area (Å²) in [5.74, 6) is 0.708. The van der Waals surface area contributed by atoms with Gasteiger partial charge in [-0.15, -0.1) is 6.58 Å². The van der Waals surface area contributed by atoms with Gasteiger partial charge in [-0.1, -0.05) is 46.6 Å². The molecule has 2 N–H and O–H groups in total. The summed E-state index contributed by atoms with van der Waals surface area (Å²) in [4.78, 5) is 0. The Morgan fingerprint density at radius 1 is 1.12 bits per heavy atom. The van der Waals surface area contributed by atoms with Gasteiger partial charge in [0.05, 0.1) is 0 Å². The van der Waals surface area contributed by atoms with Gasteiger partial charge < -0.3 is 5.73 Å². The Balaban J connectivity index is 2.22. The molecule has 0 aromatic carbocycles. The van der Waals surface area contributed by atoms with Crippen molar-refractivity contribution in [3.8, 4) is 0 Å². The summed E-state index contributed by atoms with van der Waals surface area (Å²) in [5.41, 5.74) is 7.20. The van der Waals surface area contributed by atoms with Gasteiger partial charge in [0.2, 0.25) is 0 Å². The van der Waals surface area contributed by atoms with Crippen molar-refractivity contribution in [1.82, 2.24) is 0 Å². The van der Waals surface area contributed by atoms with E-state index in [4.69, 9.17) is 5.73 Å². The molecule has 1 aliphatic carbocycles. The number of hydrogen-bond donors (Lipinski definition) is 1. The minimum Gasteiger partial charge on any atom is -0.327 e. The predicted molar refractivity (Wildman–Crippen MR) is 72.3 cm³/mol. The van der Waals surface area contributed by atoms with E-state index >= 15 is 0 Å². The summed E-state index contributed by atoms with van der Waals surface area (Å²) >= 11 is 0. The van der Waals surface area contributed by atoms with Gasteiger partial charge in [-0.3, -0.25) is 0 Å². The van der Waals surface area contributed by atoms with E-state index in [0.29, 0.717) is 22.8 Å². The van der Waals surface area contributed by atoms with Crippen LogP contribution in [0.4, 0.5) is 0 Å². The Labute approximate surface area is 101 Å². The third-order valence-corrected chi connectivity index (χ3v) is 5.01. The lowest BCUT2D eigenvalue weighted by Crippen LogP contribution is -2.25. The van der Waals surface area contributed by atoms with Crippen molar-refractivity contribution < 1.29 is 0 Å². The van der Waals surface area contributed by atoms with Crippen LogP contribution in [0.1, 0.15) is 59.8 Å². The topological polar surface area (TPSA) is 26.0 Å². The second-order valence-electron chi connectivity index (χ2n) is 6.51. The predicted octanol–water partition coefficient (Wildman–Crippen LogP) is 4.13. The van der Waals surface area contributed by atoms with Crippen molar-refractivity contribution in [3.05, 3.63) is 12.7 Å². The maximum atomic E-state index is 6.32. The highest BCUT2D eigenvalue weighted by Crippen LogP contribution is 2.69. The van der Waals surface area contributed by atoms with Crippen molar-refractivity contribution in [3.63, 3.8) is 0 Å². The first kappa shape index (κ1) is 13.8. The average Bonchev–Trinajstić information content (AvgIpc) is 2.57. The summed E-state index contributed by atoms with van der Waals surface area (Å²) in [5, 5.41) is 0. The maximum absolute atomic E-state index is 6.32. The van der Waals surface area contributed by atoms with E-state index in [1.807, 2.05) is 6.08 Å². The molecule has 1 rings (SSSR count). The first-order valence-corrected chi connectivity index (χ1v) is 6.72. The second kappa shape index (κ2) is 4.91. The van der Waals surface area contributed by atoms with Crippen LogP contribution in [0.25, 0.3) is 0 Å². The SMILES string of the molecule is C=CCCCCCC(N)C1C(C)(C)C1(C)C. The molecule has 1 fully saturated rings. The maximum Gasteiger partial charge on any atom is 0.00777 e. The molecule has 0 heterocycles.